The van der Waals surface area contributed by atoms with Gasteiger partial charge in [-0.1, -0.05) is 0 Å². The predicted octanol–water partition coefficient (Wildman–Crippen LogP) is 1.96. The van der Waals surface area contributed by atoms with Crippen molar-refractivity contribution in [3.63, 3.8) is 0 Å². The van der Waals surface area contributed by atoms with Gasteiger partial charge in [-0.2, -0.15) is 0 Å². The summed E-state index contributed by atoms with van der Waals surface area (Å²) in [6, 6.07) is 1.79. The van der Waals surface area contributed by atoms with Crippen LogP contribution in [0.25, 0.3) is 0 Å². The smallest absolute Gasteiger partial charge is 0.266 e. The normalized spacial score (nSPS) is 17.0. The van der Waals surface area contributed by atoms with Crippen LogP contribution in [0.3, 0.4) is 0 Å². The van der Waals surface area contributed by atoms with Crippen LogP contribution in [0.4, 0.5) is 5.69 Å². The largest absolute Gasteiger partial charge is 0.397 e. The fraction of sp³-hybridized carbons (Fsp3) is 0.500. The van der Waals surface area contributed by atoms with E-state index in [4.69, 9.17) is 5.73 Å². The third kappa shape index (κ3) is 1.75. The standard InChI is InChI=1S/C10H14N2OS/c11-8-4-7-14-9(8)10(13)12-5-2-1-3-6-12/h4,7H,1-3,5-6,11H2. The molecule has 0 saturated carbocycles. The van der Waals surface area contributed by atoms with Crippen molar-refractivity contribution in [1.29, 1.82) is 0 Å². The second-order valence-electron chi connectivity index (χ2n) is 3.56. The van der Waals surface area contributed by atoms with Gasteiger partial charge < -0.3 is 10.6 Å². The van der Waals surface area contributed by atoms with Crippen LogP contribution in [-0.2, 0) is 0 Å². The molecule has 0 unspecified atom stereocenters. The third-order valence-electron chi connectivity index (χ3n) is 2.53. The van der Waals surface area contributed by atoms with Crippen LogP contribution in [0.5, 0.6) is 0 Å². The maximum Gasteiger partial charge on any atom is 0.266 e. The highest BCUT2D eigenvalue weighted by Gasteiger charge is 2.20. The zero-order valence-electron chi connectivity index (χ0n) is 8.03. The molecular weight excluding hydrogens is 196 g/mol. The molecule has 4 heteroatoms. The highest BCUT2D eigenvalue weighted by molar-refractivity contribution is 7.12. The second-order valence-corrected chi connectivity index (χ2v) is 4.47. The van der Waals surface area contributed by atoms with E-state index in [0.29, 0.717) is 10.6 Å². The number of nitrogen functional groups attached to an aromatic ring is 1. The number of amides is 1. The van der Waals surface area contributed by atoms with Gasteiger partial charge in [0.25, 0.3) is 5.91 Å². The first-order chi connectivity index (χ1) is 6.79. The second kappa shape index (κ2) is 4.00. The minimum atomic E-state index is 0.109. The number of hydrogen-bond acceptors (Lipinski definition) is 3. The summed E-state index contributed by atoms with van der Waals surface area (Å²) in [5.41, 5.74) is 6.33. The van der Waals surface area contributed by atoms with Crippen molar-refractivity contribution in [3.8, 4) is 0 Å². The molecule has 2 heterocycles. The molecule has 2 rings (SSSR count). The molecule has 3 nitrogen and oxygen atoms in total. The Hall–Kier alpha value is -1.03. The van der Waals surface area contributed by atoms with E-state index in [1.165, 1.54) is 17.8 Å². The molecular formula is C10H14N2OS. The van der Waals surface area contributed by atoms with Gasteiger partial charge in [0.1, 0.15) is 4.88 Å². The monoisotopic (exact) mass is 210 g/mol. The van der Waals surface area contributed by atoms with Crippen LogP contribution in [-0.4, -0.2) is 23.9 Å². The van der Waals surface area contributed by atoms with Crippen molar-refractivity contribution in [2.24, 2.45) is 0 Å². The van der Waals surface area contributed by atoms with Gasteiger partial charge >= 0.3 is 0 Å². The van der Waals surface area contributed by atoms with Crippen LogP contribution in [0.2, 0.25) is 0 Å². The van der Waals surface area contributed by atoms with E-state index in [1.54, 1.807) is 6.07 Å². The molecule has 0 atom stereocenters. The number of carbonyl (C=O) groups excluding carboxylic acids is 1. The van der Waals surface area contributed by atoms with Crippen LogP contribution in [0.15, 0.2) is 11.4 Å². The number of piperidine rings is 1. The summed E-state index contributed by atoms with van der Waals surface area (Å²) in [6.45, 7) is 1.77. The molecule has 0 aromatic carbocycles. The molecule has 0 spiro atoms. The van der Waals surface area contributed by atoms with Crippen molar-refractivity contribution in [3.05, 3.63) is 16.3 Å². The Morgan fingerprint density at radius 3 is 2.64 bits per heavy atom. The molecule has 0 bridgehead atoms. The Labute approximate surface area is 87.5 Å². The molecule has 0 radical (unpaired) electrons. The SMILES string of the molecule is Nc1ccsc1C(=O)N1CCCCC1. The molecule has 1 fully saturated rings. The molecule has 1 aliphatic heterocycles. The lowest BCUT2D eigenvalue weighted by molar-refractivity contribution is 0.0730. The van der Waals surface area contributed by atoms with E-state index in [2.05, 4.69) is 0 Å². The maximum absolute atomic E-state index is 11.9. The topological polar surface area (TPSA) is 46.3 Å². The number of nitrogens with two attached hydrogens (primary N) is 1. The highest BCUT2D eigenvalue weighted by Crippen LogP contribution is 2.22. The number of carbonyl (C=O) groups is 1. The minimum Gasteiger partial charge on any atom is -0.397 e. The van der Waals surface area contributed by atoms with Crippen molar-refractivity contribution in [2.75, 3.05) is 18.8 Å². The van der Waals surface area contributed by atoms with Gasteiger partial charge in [-0.25, -0.2) is 0 Å². The Morgan fingerprint density at radius 2 is 2.07 bits per heavy atom. The molecule has 1 aliphatic rings. The first-order valence-corrected chi connectivity index (χ1v) is 5.79. The molecule has 1 saturated heterocycles. The number of anilines is 1. The van der Waals surface area contributed by atoms with Gasteiger partial charge in [0.15, 0.2) is 0 Å². The molecule has 76 valence electrons. The van der Waals surface area contributed by atoms with E-state index in [0.717, 1.165) is 25.9 Å². The lowest BCUT2D eigenvalue weighted by Gasteiger charge is -2.26. The van der Waals surface area contributed by atoms with Gasteiger partial charge in [0, 0.05) is 13.1 Å². The summed E-state index contributed by atoms with van der Waals surface area (Å²) < 4.78 is 0. The Balaban J connectivity index is 2.11. The Morgan fingerprint density at radius 1 is 1.36 bits per heavy atom. The van der Waals surface area contributed by atoms with E-state index < -0.39 is 0 Å². The molecule has 1 aromatic heterocycles. The van der Waals surface area contributed by atoms with Crippen molar-refractivity contribution in [1.82, 2.24) is 4.90 Å². The quantitative estimate of drug-likeness (QED) is 0.770. The molecule has 1 amide bonds. The van der Waals surface area contributed by atoms with Crippen molar-refractivity contribution in [2.45, 2.75) is 19.3 Å². The van der Waals surface area contributed by atoms with E-state index >= 15 is 0 Å². The molecule has 0 aliphatic carbocycles. The van der Waals surface area contributed by atoms with Gasteiger partial charge in [-0.05, 0) is 30.7 Å². The fourth-order valence-corrected chi connectivity index (χ4v) is 2.52. The first kappa shape index (κ1) is 9.52. The molecule has 1 aromatic rings. The summed E-state index contributed by atoms with van der Waals surface area (Å²) >= 11 is 1.44. The Kier molecular flexibility index (Phi) is 2.72. The number of nitrogens with zero attached hydrogens (tertiary/aromatic N) is 1. The molecule has 14 heavy (non-hydrogen) atoms. The van der Waals surface area contributed by atoms with Gasteiger partial charge in [0.05, 0.1) is 5.69 Å². The van der Waals surface area contributed by atoms with Crippen molar-refractivity contribution < 1.29 is 4.79 Å². The lowest BCUT2D eigenvalue weighted by atomic mass is 10.1. The molecule has 2 N–H and O–H groups in total. The van der Waals surface area contributed by atoms with Gasteiger partial charge in [0.2, 0.25) is 0 Å². The van der Waals surface area contributed by atoms with E-state index in [9.17, 15) is 4.79 Å². The highest BCUT2D eigenvalue weighted by atomic mass is 32.1. The minimum absolute atomic E-state index is 0.109. The van der Waals surface area contributed by atoms with E-state index in [1.807, 2.05) is 10.3 Å². The Bertz CT molecular complexity index is 329. The van der Waals surface area contributed by atoms with Gasteiger partial charge in [-0.15, -0.1) is 11.3 Å². The number of thiophene rings is 1. The zero-order chi connectivity index (χ0) is 9.97. The summed E-state index contributed by atoms with van der Waals surface area (Å²) in [5, 5.41) is 1.87. The average molecular weight is 210 g/mol. The van der Waals surface area contributed by atoms with Crippen LogP contribution < -0.4 is 5.73 Å². The van der Waals surface area contributed by atoms with Crippen LogP contribution >= 0.6 is 11.3 Å². The third-order valence-corrected chi connectivity index (χ3v) is 3.45. The summed E-state index contributed by atoms with van der Waals surface area (Å²) in [4.78, 5) is 14.5. The number of rotatable bonds is 1. The average Bonchev–Trinajstić information content (AvgIpc) is 2.65. The lowest BCUT2D eigenvalue weighted by Crippen LogP contribution is -2.35. The van der Waals surface area contributed by atoms with Crippen LogP contribution in [0, 0.1) is 0 Å². The first-order valence-electron chi connectivity index (χ1n) is 4.91. The predicted molar refractivity (Wildman–Crippen MR) is 58.5 cm³/mol. The fourth-order valence-electron chi connectivity index (χ4n) is 1.73. The number of hydrogen-bond donors (Lipinski definition) is 1. The van der Waals surface area contributed by atoms with Crippen LogP contribution in [0.1, 0.15) is 28.9 Å². The number of likely N-dealkylation sites (tertiary alicyclic amines) is 1. The zero-order valence-corrected chi connectivity index (χ0v) is 8.85. The van der Waals surface area contributed by atoms with Gasteiger partial charge in [-0.3, -0.25) is 4.79 Å². The maximum atomic E-state index is 11.9. The van der Waals surface area contributed by atoms with Crippen molar-refractivity contribution >= 4 is 22.9 Å². The summed E-state index contributed by atoms with van der Waals surface area (Å²) in [6.07, 6.45) is 3.48. The summed E-state index contributed by atoms with van der Waals surface area (Å²) in [7, 11) is 0. The summed E-state index contributed by atoms with van der Waals surface area (Å²) in [5.74, 6) is 0.109. The van der Waals surface area contributed by atoms with E-state index in [-0.39, 0.29) is 5.91 Å².